The zero-order chi connectivity index (χ0) is 27.6. The number of amides is 2. The number of hydrogen-bond acceptors (Lipinski definition) is 5. The molecular formula is C28H33ClN4O4S. The van der Waals surface area contributed by atoms with E-state index >= 15 is 0 Å². The molecule has 3 aromatic rings. The highest BCUT2D eigenvalue weighted by atomic mass is 35.5. The number of carbonyl (C=O) groups is 2. The van der Waals surface area contributed by atoms with E-state index in [2.05, 4.69) is 0 Å². The number of rotatable bonds is 8. The second-order valence-corrected chi connectivity index (χ2v) is 12.3. The maximum Gasteiger partial charge on any atom is 0.253 e. The van der Waals surface area contributed by atoms with Crippen molar-refractivity contribution in [1.29, 1.82) is 0 Å². The number of sulfone groups is 1. The molecule has 10 heteroatoms. The van der Waals surface area contributed by atoms with Crippen LogP contribution in [0.1, 0.15) is 60.0 Å². The Kier molecular flexibility index (Phi) is 8.28. The Labute approximate surface area is 229 Å². The Morgan fingerprint density at radius 1 is 1.11 bits per heavy atom. The standard InChI is InChI=1S/C28H33ClN4O4S/c1-5-27(34)33(24-11-7-10-22(24)20-12-13-25(23(29)17-20)38(4,36)37)26-14-15-32(30-26)18-19-8-6-9-21(16-19)28(35)31(2)3/h6,8-9,12-17,22,24H,5,7,10-11,18H2,1-4H3. The predicted octanol–water partition coefficient (Wildman–Crippen LogP) is 4.77. The fraction of sp³-hybridized carbons (Fsp3) is 0.393. The average molecular weight is 557 g/mol. The molecular weight excluding hydrogens is 524 g/mol. The summed E-state index contributed by atoms with van der Waals surface area (Å²) in [6, 6.07) is 14.2. The summed E-state index contributed by atoms with van der Waals surface area (Å²) in [6.45, 7) is 2.29. The molecule has 1 fully saturated rings. The Morgan fingerprint density at radius 3 is 2.53 bits per heavy atom. The van der Waals surface area contributed by atoms with Gasteiger partial charge < -0.3 is 4.90 Å². The lowest BCUT2D eigenvalue weighted by atomic mass is 9.93. The highest BCUT2D eigenvalue weighted by Gasteiger charge is 2.37. The molecule has 1 aromatic heterocycles. The zero-order valence-corrected chi connectivity index (χ0v) is 23.7. The number of halogens is 1. The van der Waals surface area contributed by atoms with Gasteiger partial charge in [0.1, 0.15) is 0 Å². The molecule has 2 atom stereocenters. The fourth-order valence-electron chi connectivity index (χ4n) is 5.16. The van der Waals surface area contributed by atoms with Crippen LogP contribution in [0.4, 0.5) is 5.82 Å². The highest BCUT2D eigenvalue weighted by Crippen LogP contribution is 2.41. The quantitative estimate of drug-likeness (QED) is 0.398. The van der Waals surface area contributed by atoms with Crippen molar-refractivity contribution in [3.8, 4) is 0 Å². The summed E-state index contributed by atoms with van der Waals surface area (Å²) in [5.74, 6) is 0.498. The fourth-order valence-corrected chi connectivity index (χ4v) is 6.49. The third kappa shape index (κ3) is 5.94. The Morgan fingerprint density at radius 2 is 1.87 bits per heavy atom. The third-order valence-corrected chi connectivity index (χ3v) is 8.54. The minimum atomic E-state index is -3.43. The largest absolute Gasteiger partial charge is 0.345 e. The number of anilines is 1. The summed E-state index contributed by atoms with van der Waals surface area (Å²) in [5.41, 5.74) is 2.46. The Bertz CT molecular complexity index is 1450. The van der Waals surface area contributed by atoms with E-state index in [1.165, 1.54) is 0 Å². The second-order valence-electron chi connectivity index (χ2n) is 9.96. The van der Waals surface area contributed by atoms with Gasteiger partial charge in [0.2, 0.25) is 5.91 Å². The van der Waals surface area contributed by atoms with Crippen LogP contribution in [0, 0.1) is 0 Å². The summed E-state index contributed by atoms with van der Waals surface area (Å²) < 4.78 is 25.8. The van der Waals surface area contributed by atoms with E-state index in [4.69, 9.17) is 16.7 Å². The normalized spacial score (nSPS) is 17.4. The summed E-state index contributed by atoms with van der Waals surface area (Å²) >= 11 is 6.36. The maximum absolute atomic E-state index is 13.2. The molecule has 0 N–H and O–H groups in total. The van der Waals surface area contributed by atoms with Gasteiger partial charge in [-0.2, -0.15) is 5.10 Å². The summed E-state index contributed by atoms with van der Waals surface area (Å²) in [4.78, 5) is 29.0. The lowest BCUT2D eigenvalue weighted by molar-refractivity contribution is -0.118. The second kappa shape index (κ2) is 11.3. The molecule has 1 aliphatic carbocycles. The monoisotopic (exact) mass is 556 g/mol. The lowest BCUT2D eigenvalue weighted by Gasteiger charge is -2.32. The number of nitrogens with zero attached hydrogens (tertiary/aromatic N) is 4. The van der Waals surface area contributed by atoms with Crippen LogP contribution in [0.2, 0.25) is 5.02 Å². The molecule has 1 saturated carbocycles. The molecule has 0 saturated heterocycles. The molecule has 0 aliphatic heterocycles. The first-order valence-electron chi connectivity index (χ1n) is 12.6. The summed E-state index contributed by atoms with van der Waals surface area (Å²) in [6.07, 6.45) is 5.91. The molecule has 0 spiro atoms. The van der Waals surface area contributed by atoms with E-state index < -0.39 is 9.84 Å². The van der Waals surface area contributed by atoms with Gasteiger partial charge in [-0.1, -0.05) is 43.1 Å². The first-order chi connectivity index (χ1) is 18.0. The van der Waals surface area contributed by atoms with Crippen molar-refractivity contribution in [3.63, 3.8) is 0 Å². The van der Waals surface area contributed by atoms with Crippen LogP contribution in [0.3, 0.4) is 0 Å². The van der Waals surface area contributed by atoms with Crippen LogP contribution >= 0.6 is 11.6 Å². The molecule has 4 rings (SSSR count). The highest BCUT2D eigenvalue weighted by molar-refractivity contribution is 7.90. The Hall–Kier alpha value is -3.17. The van der Waals surface area contributed by atoms with E-state index in [-0.39, 0.29) is 33.7 Å². The average Bonchev–Trinajstić information content (AvgIpc) is 3.53. The topological polar surface area (TPSA) is 92.6 Å². The molecule has 0 bridgehead atoms. The van der Waals surface area contributed by atoms with Crippen LogP contribution in [0.25, 0.3) is 0 Å². The smallest absolute Gasteiger partial charge is 0.253 e. The van der Waals surface area contributed by atoms with Gasteiger partial charge in [0.05, 0.1) is 16.5 Å². The van der Waals surface area contributed by atoms with Gasteiger partial charge in [0.15, 0.2) is 15.7 Å². The first-order valence-corrected chi connectivity index (χ1v) is 14.9. The summed E-state index contributed by atoms with van der Waals surface area (Å²) in [7, 11) is 0.0120. The van der Waals surface area contributed by atoms with Gasteiger partial charge in [0, 0.05) is 56.6 Å². The van der Waals surface area contributed by atoms with E-state index in [0.717, 1.165) is 36.6 Å². The molecule has 2 aromatic carbocycles. The van der Waals surface area contributed by atoms with Crippen molar-refractivity contribution >= 4 is 39.1 Å². The maximum atomic E-state index is 13.2. The zero-order valence-electron chi connectivity index (χ0n) is 22.1. The van der Waals surface area contributed by atoms with Gasteiger partial charge in [-0.05, 0) is 48.2 Å². The lowest BCUT2D eigenvalue weighted by Crippen LogP contribution is -2.42. The number of benzene rings is 2. The van der Waals surface area contributed by atoms with Gasteiger partial charge in [-0.15, -0.1) is 0 Å². The first kappa shape index (κ1) is 27.9. The SMILES string of the molecule is CCC(=O)N(c1ccn(Cc2cccc(C(=O)N(C)C)c2)n1)C1CCCC1c1ccc(S(C)(=O)=O)c(Cl)c1. The van der Waals surface area contributed by atoms with E-state index in [1.54, 1.807) is 52.8 Å². The molecule has 202 valence electrons. The van der Waals surface area contributed by atoms with Crippen LogP contribution in [-0.2, 0) is 21.2 Å². The molecule has 8 nitrogen and oxygen atoms in total. The van der Waals surface area contributed by atoms with Gasteiger partial charge in [-0.25, -0.2) is 8.42 Å². The number of carbonyl (C=O) groups excluding carboxylic acids is 2. The molecule has 2 unspecified atom stereocenters. The molecule has 1 aliphatic rings. The van der Waals surface area contributed by atoms with Crippen molar-refractivity contribution in [1.82, 2.24) is 14.7 Å². The van der Waals surface area contributed by atoms with Gasteiger partial charge >= 0.3 is 0 Å². The predicted molar refractivity (Wildman–Crippen MR) is 149 cm³/mol. The van der Waals surface area contributed by atoms with E-state index in [9.17, 15) is 18.0 Å². The van der Waals surface area contributed by atoms with Crippen LogP contribution < -0.4 is 4.90 Å². The van der Waals surface area contributed by atoms with Gasteiger partial charge in [-0.3, -0.25) is 19.2 Å². The third-order valence-electron chi connectivity index (χ3n) is 6.96. The van der Waals surface area contributed by atoms with E-state index in [1.807, 2.05) is 37.4 Å². The van der Waals surface area contributed by atoms with Crippen LogP contribution in [0.5, 0.6) is 0 Å². The minimum absolute atomic E-state index is 0.00971. The molecule has 2 amide bonds. The summed E-state index contributed by atoms with van der Waals surface area (Å²) in [5, 5.41) is 4.94. The minimum Gasteiger partial charge on any atom is -0.345 e. The molecule has 38 heavy (non-hydrogen) atoms. The van der Waals surface area contributed by atoms with Gasteiger partial charge in [0.25, 0.3) is 5.91 Å². The number of aromatic nitrogens is 2. The molecule has 1 heterocycles. The van der Waals surface area contributed by atoms with Crippen molar-refractivity contribution in [3.05, 3.63) is 76.4 Å². The van der Waals surface area contributed by atoms with Crippen LogP contribution in [0.15, 0.2) is 59.6 Å². The van der Waals surface area contributed by atoms with Crippen LogP contribution in [-0.4, -0.2) is 61.3 Å². The van der Waals surface area contributed by atoms with E-state index in [0.29, 0.717) is 24.3 Å². The van der Waals surface area contributed by atoms with Crippen molar-refractivity contribution in [2.75, 3.05) is 25.3 Å². The Balaban J connectivity index is 1.61. The van der Waals surface area contributed by atoms with Crippen molar-refractivity contribution < 1.29 is 18.0 Å². The van der Waals surface area contributed by atoms with Crippen molar-refractivity contribution in [2.45, 2.75) is 56.0 Å². The molecule has 0 radical (unpaired) electrons. The van der Waals surface area contributed by atoms with Crippen molar-refractivity contribution in [2.24, 2.45) is 0 Å². The number of hydrogen-bond donors (Lipinski definition) is 0.